The summed E-state index contributed by atoms with van der Waals surface area (Å²) >= 11 is 0. The lowest BCUT2D eigenvalue weighted by Gasteiger charge is -2.48. The normalized spacial score (nSPS) is 50.0. The van der Waals surface area contributed by atoms with Crippen LogP contribution in [-0.2, 0) is 23.7 Å². The van der Waals surface area contributed by atoms with Gasteiger partial charge in [-0.3, -0.25) is 4.79 Å². The molecule has 36 heavy (non-hydrogen) atoms. The van der Waals surface area contributed by atoms with Crippen LogP contribution in [0.3, 0.4) is 0 Å². The van der Waals surface area contributed by atoms with E-state index in [0.717, 1.165) is 0 Å². The first-order chi connectivity index (χ1) is 16.9. The summed E-state index contributed by atoms with van der Waals surface area (Å²) in [5.74, 6) is -0.408. The van der Waals surface area contributed by atoms with Crippen LogP contribution in [0.4, 0.5) is 0 Å². The number of nitrogens with one attached hydrogen (secondary N) is 1. The summed E-state index contributed by atoms with van der Waals surface area (Å²) in [5, 5.41) is 54.2. The molecule has 3 rings (SSSR count). The number of carbonyl (C=O) groups is 1. The van der Waals surface area contributed by atoms with Gasteiger partial charge < -0.3 is 78.5 Å². The van der Waals surface area contributed by atoms with E-state index < -0.39 is 104 Å². The van der Waals surface area contributed by atoms with Gasteiger partial charge in [-0.2, -0.15) is 0 Å². The second-order valence-electron chi connectivity index (χ2n) is 9.61. The maximum atomic E-state index is 11.5. The third-order valence-electron chi connectivity index (χ3n) is 6.97. The van der Waals surface area contributed by atoms with Gasteiger partial charge in [-0.15, -0.1) is 0 Å². The van der Waals surface area contributed by atoms with Crippen LogP contribution >= 0.6 is 0 Å². The average Bonchev–Trinajstić information content (AvgIpc) is 2.83. The molecule has 2 saturated heterocycles. The summed E-state index contributed by atoms with van der Waals surface area (Å²) < 4.78 is 22.9. The molecule has 2 aliphatic heterocycles. The highest BCUT2D eigenvalue weighted by molar-refractivity contribution is 5.73. The molecule has 2 heterocycles. The van der Waals surface area contributed by atoms with Crippen molar-refractivity contribution in [1.82, 2.24) is 5.32 Å². The highest BCUT2D eigenvalue weighted by atomic mass is 16.7. The third-order valence-corrected chi connectivity index (χ3v) is 6.97. The molecule has 0 radical (unpaired) electrons. The molecule has 0 unspecified atom stereocenters. The predicted molar refractivity (Wildman–Crippen MR) is 121 cm³/mol. The molecule has 0 aromatic heterocycles. The van der Waals surface area contributed by atoms with Crippen molar-refractivity contribution in [2.24, 2.45) is 28.7 Å². The standard InChI is InChI=1S/C20H40N6O10/c1-5(28)26-12-8(3-21)33-19(11(25)14(12)30)35-17-6(22)2-7(23)18(16(17)32)36-20-15(31)10(24)13(29)9(4-27)34-20/h6-20,27,29-32H,2-4,21-25H2,1H3,(H,26,28)/t6-,7+,8+,9+,10-,11+,12+,13+,14+,15+,16-,17+,18-,19+,20+/m0/s1. The summed E-state index contributed by atoms with van der Waals surface area (Å²) in [7, 11) is 0. The van der Waals surface area contributed by atoms with E-state index in [1.807, 2.05) is 0 Å². The number of nitrogens with two attached hydrogens (primary N) is 5. The Morgan fingerprint density at radius 3 is 1.94 bits per heavy atom. The first kappa shape index (κ1) is 29.5. The second kappa shape index (κ2) is 12.2. The van der Waals surface area contributed by atoms with Gasteiger partial charge in [-0.05, 0) is 6.42 Å². The second-order valence-corrected chi connectivity index (χ2v) is 9.61. The van der Waals surface area contributed by atoms with E-state index in [9.17, 15) is 30.3 Å². The van der Waals surface area contributed by atoms with E-state index >= 15 is 0 Å². The zero-order chi connectivity index (χ0) is 26.9. The maximum Gasteiger partial charge on any atom is 0.217 e. The van der Waals surface area contributed by atoms with Crippen molar-refractivity contribution in [3.8, 4) is 0 Å². The molecule has 16 nitrogen and oxygen atoms in total. The van der Waals surface area contributed by atoms with E-state index in [2.05, 4.69) is 5.32 Å². The smallest absolute Gasteiger partial charge is 0.217 e. The Balaban J connectivity index is 1.73. The minimum atomic E-state index is -1.49. The molecule has 0 bridgehead atoms. The molecule has 1 amide bonds. The van der Waals surface area contributed by atoms with Gasteiger partial charge in [0.25, 0.3) is 0 Å². The van der Waals surface area contributed by atoms with E-state index in [4.69, 9.17) is 47.6 Å². The number of hydrogen-bond acceptors (Lipinski definition) is 15. The molecule has 16 N–H and O–H groups in total. The minimum absolute atomic E-state index is 0.0699. The lowest BCUT2D eigenvalue weighted by Crippen LogP contribution is -2.70. The summed E-state index contributed by atoms with van der Waals surface area (Å²) in [5.41, 5.74) is 30.0. The number of carbonyl (C=O) groups excluding carboxylic acids is 1. The van der Waals surface area contributed by atoms with Gasteiger partial charge in [0.15, 0.2) is 12.6 Å². The first-order valence-electron chi connectivity index (χ1n) is 11.9. The monoisotopic (exact) mass is 524 g/mol. The largest absolute Gasteiger partial charge is 0.394 e. The fraction of sp³-hybridized carbons (Fsp3) is 0.950. The molecule has 0 spiro atoms. The predicted octanol–water partition coefficient (Wildman–Crippen LogP) is -7.18. The highest BCUT2D eigenvalue weighted by Crippen LogP contribution is 2.31. The fourth-order valence-electron chi connectivity index (χ4n) is 4.88. The van der Waals surface area contributed by atoms with Gasteiger partial charge in [-0.1, -0.05) is 0 Å². The van der Waals surface area contributed by atoms with Crippen molar-refractivity contribution in [3.05, 3.63) is 0 Å². The molecule has 0 aromatic rings. The fourth-order valence-corrected chi connectivity index (χ4v) is 4.88. The molecule has 15 atom stereocenters. The maximum absolute atomic E-state index is 11.5. The van der Waals surface area contributed by atoms with Gasteiger partial charge in [0.2, 0.25) is 5.91 Å². The molecule has 1 saturated carbocycles. The van der Waals surface area contributed by atoms with Crippen molar-refractivity contribution in [2.45, 2.75) is 105 Å². The van der Waals surface area contributed by atoms with Gasteiger partial charge in [0, 0.05) is 25.6 Å². The third kappa shape index (κ3) is 5.97. The van der Waals surface area contributed by atoms with Crippen LogP contribution in [0, 0.1) is 0 Å². The van der Waals surface area contributed by atoms with Gasteiger partial charge in [0.1, 0.15) is 36.6 Å². The Labute approximate surface area is 207 Å². The van der Waals surface area contributed by atoms with E-state index in [1.165, 1.54) is 6.92 Å². The number of aliphatic hydroxyl groups excluding tert-OH is 5. The highest BCUT2D eigenvalue weighted by Gasteiger charge is 2.51. The number of rotatable bonds is 7. The van der Waals surface area contributed by atoms with Gasteiger partial charge >= 0.3 is 0 Å². The van der Waals surface area contributed by atoms with Gasteiger partial charge in [0.05, 0.1) is 36.9 Å². The molecule has 0 aromatic carbocycles. The van der Waals surface area contributed by atoms with E-state index in [-0.39, 0.29) is 13.0 Å². The topological polar surface area (TPSA) is 297 Å². The quantitative estimate of drug-likeness (QED) is 0.147. The molecule has 3 aliphatic rings. The molecule has 210 valence electrons. The van der Waals surface area contributed by atoms with Crippen molar-refractivity contribution < 1.29 is 49.3 Å². The zero-order valence-electron chi connectivity index (χ0n) is 19.9. The molecular formula is C20H40N6O10. The van der Waals surface area contributed by atoms with E-state index in [1.54, 1.807) is 0 Å². The Morgan fingerprint density at radius 1 is 0.861 bits per heavy atom. The summed E-state index contributed by atoms with van der Waals surface area (Å²) in [6.07, 6.45) is -12.4. The van der Waals surface area contributed by atoms with Crippen LogP contribution in [0.1, 0.15) is 13.3 Å². The van der Waals surface area contributed by atoms with Crippen molar-refractivity contribution in [1.29, 1.82) is 0 Å². The molecule has 3 fully saturated rings. The molecule has 16 heteroatoms. The van der Waals surface area contributed by atoms with Crippen molar-refractivity contribution in [3.63, 3.8) is 0 Å². The Kier molecular flexibility index (Phi) is 9.97. The summed E-state index contributed by atoms with van der Waals surface area (Å²) in [4.78, 5) is 11.5. The SMILES string of the molecule is CC(=O)N[C@H]1[C@H](O)[C@@H](N)[C@@H](O[C@H]2[C@H](O)[C@@H](O[C@H]3O[C@H](CO)[C@@H](O)[C@H](N)[C@H]3O)[C@H](N)C[C@@H]2N)O[C@@H]1CN. The van der Waals surface area contributed by atoms with Crippen LogP contribution in [0.15, 0.2) is 0 Å². The van der Waals surface area contributed by atoms with Crippen LogP contribution in [0.2, 0.25) is 0 Å². The number of hydrogen-bond donors (Lipinski definition) is 11. The van der Waals surface area contributed by atoms with Crippen molar-refractivity contribution >= 4 is 5.91 Å². The summed E-state index contributed by atoms with van der Waals surface area (Å²) in [6.45, 7) is 0.621. The Bertz CT molecular complexity index is 737. The van der Waals surface area contributed by atoms with Gasteiger partial charge in [-0.25, -0.2) is 0 Å². The number of aliphatic hydroxyl groups is 5. The van der Waals surface area contributed by atoms with Crippen LogP contribution in [-0.4, -0.2) is 136 Å². The number of amides is 1. The molecular weight excluding hydrogens is 484 g/mol. The minimum Gasteiger partial charge on any atom is -0.394 e. The lowest BCUT2D eigenvalue weighted by molar-refractivity contribution is -0.315. The Morgan fingerprint density at radius 2 is 1.42 bits per heavy atom. The lowest BCUT2D eigenvalue weighted by atomic mass is 9.84. The number of ether oxygens (including phenoxy) is 4. The average molecular weight is 525 g/mol. The van der Waals surface area contributed by atoms with Crippen LogP contribution < -0.4 is 34.0 Å². The summed E-state index contributed by atoms with van der Waals surface area (Å²) in [6, 6.07) is -4.80. The van der Waals surface area contributed by atoms with Crippen molar-refractivity contribution in [2.75, 3.05) is 13.2 Å². The van der Waals surface area contributed by atoms with Crippen LogP contribution in [0.25, 0.3) is 0 Å². The zero-order valence-corrected chi connectivity index (χ0v) is 19.9. The van der Waals surface area contributed by atoms with E-state index in [0.29, 0.717) is 0 Å². The van der Waals surface area contributed by atoms with Crippen LogP contribution in [0.5, 0.6) is 0 Å². The Hall–Kier alpha value is -1.09. The first-order valence-corrected chi connectivity index (χ1v) is 11.9. The molecule has 1 aliphatic carbocycles.